The third kappa shape index (κ3) is 5.25. The number of amides is 2. The summed E-state index contributed by atoms with van der Waals surface area (Å²) in [5.41, 5.74) is 2.98. The fourth-order valence-corrected chi connectivity index (χ4v) is 3.53. The first kappa shape index (κ1) is 21.0. The number of benzene rings is 2. The lowest BCUT2D eigenvalue weighted by Crippen LogP contribution is -2.44. The van der Waals surface area contributed by atoms with E-state index < -0.39 is 6.10 Å². The van der Waals surface area contributed by atoms with E-state index in [0.29, 0.717) is 18.1 Å². The van der Waals surface area contributed by atoms with E-state index in [0.717, 1.165) is 16.7 Å². The highest BCUT2D eigenvalue weighted by Crippen LogP contribution is 2.27. The van der Waals surface area contributed by atoms with Crippen LogP contribution in [0.4, 0.5) is 0 Å². The second kappa shape index (κ2) is 9.68. The van der Waals surface area contributed by atoms with Crippen LogP contribution in [0.1, 0.15) is 28.6 Å². The maximum atomic E-state index is 12.8. The van der Waals surface area contributed by atoms with Gasteiger partial charge in [0.15, 0.2) is 6.10 Å². The van der Waals surface area contributed by atoms with Gasteiger partial charge in [-0.1, -0.05) is 41.9 Å². The molecule has 4 rings (SSSR count). The molecule has 0 radical (unpaired) electrons. The summed E-state index contributed by atoms with van der Waals surface area (Å²) in [5.74, 6) is -0.566. The van der Waals surface area contributed by atoms with Crippen LogP contribution in [0.25, 0.3) is 11.1 Å². The van der Waals surface area contributed by atoms with Gasteiger partial charge in [-0.3, -0.25) is 14.6 Å². The number of aromatic nitrogens is 2. The average molecular weight is 437 g/mol. The van der Waals surface area contributed by atoms with Crippen LogP contribution in [0.2, 0.25) is 5.02 Å². The number of carbonyl (C=O) groups excluding carboxylic acids is 2. The van der Waals surface area contributed by atoms with E-state index in [1.54, 1.807) is 0 Å². The Morgan fingerprint density at radius 2 is 2.00 bits per heavy atom. The minimum Gasteiger partial charge on any atom is -0.364 e. The molecule has 2 heterocycles. The van der Waals surface area contributed by atoms with Gasteiger partial charge >= 0.3 is 0 Å². The predicted molar refractivity (Wildman–Crippen MR) is 116 cm³/mol. The van der Waals surface area contributed by atoms with Gasteiger partial charge in [0.25, 0.3) is 11.8 Å². The second-order valence-electron chi connectivity index (χ2n) is 7.18. The SMILES string of the molecule is O=C(NC[C@@H]1CCO[C@@H](c2cccc(-c3ccc(Cl)cc3)c2)C(=O)N1)c1cnccn1. The molecule has 2 atom stereocenters. The van der Waals surface area contributed by atoms with E-state index in [1.807, 2.05) is 48.5 Å². The van der Waals surface area contributed by atoms with Crippen LogP contribution in [-0.2, 0) is 9.53 Å². The lowest BCUT2D eigenvalue weighted by Gasteiger charge is -2.18. The third-order valence-electron chi connectivity index (χ3n) is 5.01. The summed E-state index contributed by atoms with van der Waals surface area (Å²) in [6.07, 6.45) is 4.22. The maximum Gasteiger partial charge on any atom is 0.271 e. The smallest absolute Gasteiger partial charge is 0.271 e. The maximum absolute atomic E-state index is 12.8. The summed E-state index contributed by atoms with van der Waals surface area (Å²) in [7, 11) is 0. The molecule has 0 unspecified atom stereocenters. The Labute approximate surface area is 184 Å². The largest absolute Gasteiger partial charge is 0.364 e. The summed E-state index contributed by atoms with van der Waals surface area (Å²) < 4.78 is 5.86. The minimum absolute atomic E-state index is 0.232. The lowest BCUT2D eigenvalue weighted by atomic mass is 10.0. The Kier molecular flexibility index (Phi) is 6.54. The Hall–Kier alpha value is -3.29. The molecule has 1 fully saturated rings. The van der Waals surface area contributed by atoms with Crippen LogP contribution in [0.15, 0.2) is 67.1 Å². The molecule has 0 bridgehead atoms. The number of hydrogen-bond donors (Lipinski definition) is 2. The molecular formula is C23H21ClN4O3. The van der Waals surface area contributed by atoms with Crippen LogP contribution < -0.4 is 10.6 Å². The van der Waals surface area contributed by atoms with Gasteiger partial charge in [-0.05, 0) is 41.3 Å². The topological polar surface area (TPSA) is 93.2 Å². The number of ether oxygens (including phenoxy) is 1. The van der Waals surface area contributed by atoms with Gasteiger partial charge in [-0.15, -0.1) is 0 Å². The summed E-state index contributed by atoms with van der Waals surface area (Å²) >= 11 is 5.98. The van der Waals surface area contributed by atoms with Gasteiger partial charge < -0.3 is 15.4 Å². The first-order chi connectivity index (χ1) is 15.1. The second-order valence-corrected chi connectivity index (χ2v) is 7.61. The van der Waals surface area contributed by atoms with E-state index in [4.69, 9.17) is 16.3 Å². The van der Waals surface area contributed by atoms with Crippen molar-refractivity contribution in [3.8, 4) is 11.1 Å². The van der Waals surface area contributed by atoms with Crippen LogP contribution in [-0.4, -0.2) is 41.0 Å². The molecule has 2 N–H and O–H groups in total. The van der Waals surface area contributed by atoms with Gasteiger partial charge in [0, 0.05) is 30.0 Å². The molecule has 0 spiro atoms. The molecule has 31 heavy (non-hydrogen) atoms. The van der Waals surface area contributed by atoms with Gasteiger partial charge in [-0.25, -0.2) is 4.98 Å². The van der Waals surface area contributed by atoms with Crippen molar-refractivity contribution in [2.45, 2.75) is 18.6 Å². The van der Waals surface area contributed by atoms with E-state index in [2.05, 4.69) is 20.6 Å². The summed E-state index contributed by atoms with van der Waals surface area (Å²) in [6, 6.07) is 15.0. The fourth-order valence-electron chi connectivity index (χ4n) is 3.40. The van der Waals surface area contributed by atoms with Crippen LogP contribution in [0.5, 0.6) is 0 Å². The molecule has 2 amide bonds. The Balaban J connectivity index is 1.41. The Morgan fingerprint density at radius 3 is 2.77 bits per heavy atom. The van der Waals surface area contributed by atoms with Crippen molar-refractivity contribution >= 4 is 23.4 Å². The van der Waals surface area contributed by atoms with E-state index in [1.165, 1.54) is 18.6 Å². The monoisotopic (exact) mass is 436 g/mol. The van der Waals surface area contributed by atoms with Crippen molar-refractivity contribution < 1.29 is 14.3 Å². The number of carbonyl (C=O) groups is 2. The van der Waals surface area contributed by atoms with E-state index in [-0.39, 0.29) is 30.1 Å². The summed E-state index contributed by atoms with van der Waals surface area (Å²) in [5, 5.41) is 6.42. The highest BCUT2D eigenvalue weighted by molar-refractivity contribution is 6.30. The highest BCUT2D eigenvalue weighted by atomic mass is 35.5. The zero-order valence-electron chi connectivity index (χ0n) is 16.6. The average Bonchev–Trinajstić information content (AvgIpc) is 2.99. The van der Waals surface area contributed by atoms with E-state index in [9.17, 15) is 9.59 Å². The summed E-state index contributed by atoms with van der Waals surface area (Å²) in [4.78, 5) is 32.9. The van der Waals surface area contributed by atoms with Crippen LogP contribution >= 0.6 is 11.6 Å². The quantitative estimate of drug-likeness (QED) is 0.640. The highest BCUT2D eigenvalue weighted by Gasteiger charge is 2.28. The van der Waals surface area contributed by atoms with Crippen LogP contribution in [0.3, 0.4) is 0 Å². The molecule has 0 aliphatic carbocycles. The molecule has 7 nitrogen and oxygen atoms in total. The molecule has 1 aliphatic rings. The zero-order chi connectivity index (χ0) is 21.6. The number of halogens is 1. The molecule has 2 aromatic carbocycles. The molecule has 1 aliphatic heterocycles. The third-order valence-corrected chi connectivity index (χ3v) is 5.26. The normalized spacial score (nSPS) is 18.7. The van der Waals surface area contributed by atoms with Crippen molar-refractivity contribution in [3.05, 3.63) is 83.4 Å². The molecule has 8 heteroatoms. The molecular weight excluding hydrogens is 416 g/mol. The fraction of sp³-hybridized carbons (Fsp3) is 0.217. The predicted octanol–water partition coefficient (Wildman–Crippen LogP) is 3.17. The lowest BCUT2D eigenvalue weighted by molar-refractivity contribution is -0.131. The number of hydrogen-bond acceptors (Lipinski definition) is 5. The number of nitrogens with one attached hydrogen (secondary N) is 2. The Bertz CT molecular complexity index is 1060. The zero-order valence-corrected chi connectivity index (χ0v) is 17.4. The van der Waals surface area contributed by atoms with Crippen molar-refractivity contribution in [1.82, 2.24) is 20.6 Å². The van der Waals surface area contributed by atoms with Crippen molar-refractivity contribution in [1.29, 1.82) is 0 Å². The molecule has 158 valence electrons. The minimum atomic E-state index is -0.715. The van der Waals surface area contributed by atoms with Gasteiger partial charge in [0.1, 0.15) is 5.69 Å². The molecule has 1 saturated heterocycles. The van der Waals surface area contributed by atoms with Crippen LogP contribution in [0, 0.1) is 0 Å². The molecule has 1 aromatic heterocycles. The van der Waals surface area contributed by atoms with E-state index >= 15 is 0 Å². The van der Waals surface area contributed by atoms with Gasteiger partial charge in [0.2, 0.25) is 0 Å². The number of rotatable bonds is 5. The van der Waals surface area contributed by atoms with Crippen molar-refractivity contribution in [2.24, 2.45) is 0 Å². The molecule has 3 aromatic rings. The van der Waals surface area contributed by atoms with Gasteiger partial charge in [-0.2, -0.15) is 0 Å². The summed E-state index contributed by atoms with van der Waals surface area (Å²) in [6.45, 7) is 0.669. The first-order valence-electron chi connectivity index (χ1n) is 9.92. The molecule has 0 saturated carbocycles. The van der Waals surface area contributed by atoms with Crippen molar-refractivity contribution in [3.63, 3.8) is 0 Å². The Morgan fingerprint density at radius 1 is 1.16 bits per heavy atom. The first-order valence-corrected chi connectivity index (χ1v) is 10.3. The standard InChI is InChI=1S/C23H21ClN4O3/c24-18-6-4-15(5-7-18)16-2-1-3-17(12-16)21-23(30)28-19(8-11-31-21)13-27-22(29)20-14-25-9-10-26-20/h1-7,9-10,12,14,19,21H,8,11,13H2,(H,27,29)(H,28,30)/t19-,21-/m0/s1. The number of nitrogens with zero attached hydrogens (tertiary/aromatic N) is 2. The van der Waals surface area contributed by atoms with Gasteiger partial charge in [0.05, 0.1) is 12.8 Å². The van der Waals surface area contributed by atoms with Crippen molar-refractivity contribution in [2.75, 3.05) is 13.2 Å².